The summed E-state index contributed by atoms with van der Waals surface area (Å²) in [5, 5.41) is 3.36. The van der Waals surface area contributed by atoms with Crippen molar-refractivity contribution >= 4 is 17.7 Å². The van der Waals surface area contributed by atoms with Crippen LogP contribution in [0.15, 0.2) is 48.7 Å². The first-order chi connectivity index (χ1) is 14.1. The Kier molecular flexibility index (Phi) is 7.43. The molecule has 0 unspecified atom stereocenters. The van der Waals surface area contributed by atoms with E-state index in [1.54, 1.807) is 12.3 Å². The van der Waals surface area contributed by atoms with Gasteiger partial charge in [-0.3, -0.25) is 4.98 Å². The van der Waals surface area contributed by atoms with Gasteiger partial charge in [0.1, 0.15) is 0 Å². The smallest absolute Gasteiger partial charge is 0.330 e. The minimum atomic E-state index is -0.353. The number of pyridine rings is 1. The van der Waals surface area contributed by atoms with Gasteiger partial charge in [0.2, 0.25) is 0 Å². The van der Waals surface area contributed by atoms with Crippen molar-refractivity contribution in [3.63, 3.8) is 0 Å². The minimum Gasteiger partial charge on any atom is -0.462 e. The fraction of sp³-hybridized carbons (Fsp3) is 0.333. The lowest BCUT2D eigenvalue weighted by Gasteiger charge is -2.29. The zero-order valence-electron chi connectivity index (χ0n) is 17.0. The third-order valence-electron chi connectivity index (χ3n) is 4.44. The van der Waals surface area contributed by atoms with Crippen LogP contribution in [0.25, 0.3) is 6.08 Å². The van der Waals surface area contributed by atoms with Gasteiger partial charge < -0.3 is 15.0 Å². The van der Waals surface area contributed by atoms with Gasteiger partial charge in [-0.1, -0.05) is 25.7 Å². The number of hydrogen-bond acceptors (Lipinski definition) is 5. The average molecular weight is 389 g/mol. The number of aromatic nitrogens is 1. The number of anilines is 1. The van der Waals surface area contributed by atoms with Crippen LogP contribution in [0, 0.1) is 17.8 Å². The molecule has 1 aliphatic rings. The first-order valence-electron chi connectivity index (χ1n) is 9.99. The summed E-state index contributed by atoms with van der Waals surface area (Å²) in [4.78, 5) is 18.3. The molecule has 5 nitrogen and oxygen atoms in total. The molecule has 1 saturated heterocycles. The Morgan fingerprint density at radius 1 is 1.14 bits per heavy atom. The van der Waals surface area contributed by atoms with Gasteiger partial charge in [-0.2, -0.15) is 0 Å². The molecule has 1 aromatic heterocycles. The lowest BCUT2D eigenvalue weighted by molar-refractivity contribution is -0.138. The topological polar surface area (TPSA) is 54.5 Å². The van der Waals surface area contributed by atoms with E-state index in [0.717, 1.165) is 37.3 Å². The molecule has 0 bridgehead atoms. The van der Waals surface area contributed by atoms with E-state index in [-0.39, 0.29) is 5.97 Å². The number of carbonyl (C=O) groups excluding carboxylic acids is 1. The zero-order valence-corrected chi connectivity index (χ0v) is 17.0. The second-order valence-electron chi connectivity index (χ2n) is 7.36. The van der Waals surface area contributed by atoms with Crippen LogP contribution in [0.2, 0.25) is 0 Å². The maximum absolute atomic E-state index is 11.6. The second kappa shape index (κ2) is 10.4. The quantitative estimate of drug-likeness (QED) is 0.484. The number of hydrogen-bond donors (Lipinski definition) is 1. The highest BCUT2D eigenvalue weighted by molar-refractivity contribution is 5.86. The molecule has 150 valence electrons. The number of benzene rings is 1. The third-order valence-corrected chi connectivity index (χ3v) is 4.44. The molecule has 0 atom stereocenters. The molecule has 1 aromatic carbocycles. The summed E-state index contributed by atoms with van der Waals surface area (Å²) in [6, 6.07) is 12.1. The van der Waals surface area contributed by atoms with Crippen molar-refractivity contribution in [3.8, 4) is 11.8 Å². The van der Waals surface area contributed by atoms with Gasteiger partial charge in [0.15, 0.2) is 0 Å². The lowest BCUT2D eigenvalue weighted by atomic mass is 10.1. The fourth-order valence-corrected chi connectivity index (χ4v) is 2.85. The molecule has 29 heavy (non-hydrogen) atoms. The van der Waals surface area contributed by atoms with E-state index in [4.69, 9.17) is 4.74 Å². The van der Waals surface area contributed by atoms with Gasteiger partial charge in [-0.25, -0.2) is 4.79 Å². The van der Waals surface area contributed by atoms with E-state index in [1.165, 1.54) is 11.8 Å². The van der Waals surface area contributed by atoms with Crippen molar-refractivity contribution in [2.45, 2.75) is 13.8 Å². The molecule has 0 aliphatic carbocycles. The summed E-state index contributed by atoms with van der Waals surface area (Å²) in [5.41, 5.74) is 3.73. The predicted molar refractivity (Wildman–Crippen MR) is 117 cm³/mol. The molecular formula is C24H27N3O2. The van der Waals surface area contributed by atoms with Crippen LogP contribution in [0.5, 0.6) is 0 Å². The molecule has 0 amide bonds. The van der Waals surface area contributed by atoms with Gasteiger partial charge in [0.05, 0.1) is 12.3 Å². The van der Waals surface area contributed by atoms with Crippen LogP contribution in [0.1, 0.15) is 30.7 Å². The van der Waals surface area contributed by atoms with Crippen LogP contribution < -0.4 is 10.2 Å². The second-order valence-corrected chi connectivity index (χ2v) is 7.36. The lowest BCUT2D eigenvalue weighted by Crippen LogP contribution is -2.43. The number of piperazine rings is 1. The molecule has 1 fully saturated rings. The Balaban J connectivity index is 1.56. The summed E-state index contributed by atoms with van der Waals surface area (Å²) < 4.78 is 5.10. The molecule has 0 radical (unpaired) electrons. The average Bonchev–Trinajstić information content (AvgIpc) is 2.76. The van der Waals surface area contributed by atoms with Crippen molar-refractivity contribution in [2.24, 2.45) is 5.92 Å². The predicted octanol–water partition coefficient (Wildman–Crippen LogP) is 3.10. The van der Waals surface area contributed by atoms with Gasteiger partial charge in [-0.05, 0) is 48.4 Å². The van der Waals surface area contributed by atoms with Gasteiger partial charge >= 0.3 is 5.97 Å². The maximum Gasteiger partial charge on any atom is 0.330 e. The Bertz CT molecular complexity index is 884. The number of nitrogens with one attached hydrogen (secondary N) is 1. The number of rotatable bonds is 5. The summed E-state index contributed by atoms with van der Waals surface area (Å²) in [6.07, 6.45) is 4.76. The summed E-state index contributed by atoms with van der Waals surface area (Å²) in [6.45, 7) is 8.54. The van der Waals surface area contributed by atoms with Crippen LogP contribution in [0.4, 0.5) is 5.69 Å². The van der Waals surface area contributed by atoms with E-state index in [2.05, 4.69) is 51.3 Å². The standard InChI is InChI=1S/C24H27N3O2/c1-19(2)18-29-24(28)12-9-22-8-5-21(17-26-22)4-3-20-6-10-23(11-7-20)27-15-13-25-14-16-27/h5-12,17,19,25H,13-16,18H2,1-2H3/b12-9+. The molecule has 1 N–H and O–H groups in total. The normalized spacial score (nSPS) is 14.0. The molecule has 0 saturated carbocycles. The van der Waals surface area contributed by atoms with Crippen molar-refractivity contribution in [1.29, 1.82) is 0 Å². The Morgan fingerprint density at radius 2 is 1.83 bits per heavy atom. The first-order valence-corrected chi connectivity index (χ1v) is 9.99. The largest absolute Gasteiger partial charge is 0.462 e. The minimum absolute atomic E-state index is 0.321. The van der Waals surface area contributed by atoms with Crippen LogP contribution >= 0.6 is 0 Å². The highest BCUT2D eigenvalue weighted by atomic mass is 16.5. The molecule has 2 aromatic rings. The zero-order chi connectivity index (χ0) is 20.5. The van der Waals surface area contributed by atoms with Crippen LogP contribution in [-0.2, 0) is 9.53 Å². The monoisotopic (exact) mass is 389 g/mol. The highest BCUT2D eigenvalue weighted by Gasteiger charge is 2.09. The fourth-order valence-electron chi connectivity index (χ4n) is 2.85. The van der Waals surface area contributed by atoms with E-state index in [9.17, 15) is 4.79 Å². The molecule has 0 spiro atoms. The Morgan fingerprint density at radius 3 is 2.48 bits per heavy atom. The van der Waals surface area contributed by atoms with Gasteiger partial charge in [0, 0.05) is 55.3 Å². The molecule has 5 heteroatoms. The van der Waals surface area contributed by atoms with E-state index in [0.29, 0.717) is 18.2 Å². The molecule has 2 heterocycles. The SMILES string of the molecule is CC(C)COC(=O)/C=C/c1ccc(C#Cc2ccc(N3CCNCC3)cc2)cn1. The Labute approximate surface area is 172 Å². The molecule has 3 rings (SSSR count). The summed E-state index contributed by atoms with van der Waals surface area (Å²) >= 11 is 0. The number of nitrogens with zero attached hydrogens (tertiary/aromatic N) is 2. The summed E-state index contributed by atoms with van der Waals surface area (Å²) in [7, 11) is 0. The molecular weight excluding hydrogens is 362 g/mol. The van der Waals surface area contributed by atoms with Crippen molar-refractivity contribution in [3.05, 3.63) is 65.5 Å². The van der Waals surface area contributed by atoms with Crippen LogP contribution in [0.3, 0.4) is 0 Å². The Hall–Kier alpha value is -3.10. The number of ether oxygens (including phenoxy) is 1. The summed E-state index contributed by atoms with van der Waals surface area (Å²) in [5.74, 6) is 6.28. The maximum atomic E-state index is 11.6. The van der Waals surface area contributed by atoms with Crippen LogP contribution in [-0.4, -0.2) is 43.7 Å². The van der Waals surface area contributed by atoms with Gasteiger partial charge in [0.25, 0.3) is 0 Å². The van der Waals surface area contributed by atoms with E-state index in [1.807, 2.05) is 26.0 Å². The van der Waals surface area contributed by atoms with Crippen molar-refractivity contribution in [1.82, 2.24) is 10.3 Å². The molecule has 1 aliphatic heterocycles. The third kappa shape index (κ3) is 6.78. The number of esters is 1. The van der Waals surface area contributed by atoms with Crippen molar-refractivity contribution < 1.29 is 9.53 Å². The van der Waals surface area contributed by atoms with E-state index >= 15 is 0 Å². The van der Waals surface area contributed by atoms with E-state index < -0.39 is 0 Å². The first kappa shape index (κ1) is 20.6. The van der Waals surface area contributed by atoms with Crippen molar-refractivity contribution in [2.75, 3.05) is 37.7 Å². The van der Waals surface area contributed by atoms with Gasteiger partial charge in [-0.15, -0.1) is 0 Å². The number of carbonyl (C=O) groups is 1. The highest BCUT2D eigenvalue weighted by Crippen LogP contribution is 2.15.